The highest BCUT2D eigenvalue weighted by Crippen LogP contribution is 2.18. The Bertz CT molecular complexity index is 506. The third kappa shape index (κ3) is 4.50. The zero-order valence-corrected chi connectivity index (χ0v) is 13.2. The number of hydrogen-bond donors (Lipinski definition) is 2. The fourth-order valence-electron chi connectivity index (χ4n) is 2.92. The van der Waals surface area contributed by atoms with Crippen LogP contribution in [0.1, 0.15) is 50.6 Å². The number of nitrogens with zero attached hydrogens (tertiary/aromatic N) is 1. The highest BCUT2D eigenvalue weighted by Gasteiger charge is 2.11. The molecule has 2 aliphatic rings. The van der Waals surface area contributed by atoms with Gasteiger partial charge < -0.3 is 10.3 Å². The molecule has 4 heteroatoms. The van der Waals surface area contributed by atoms with Gasteiger partial charge in [0.2, 0.25) is 0 Å². The summed E-state index contributed by atoms with van der Waals surface area (Å²) >= 11 is 0. The second-order valence-electron chi connectivity index (χ2n) is 5.69. The molecule has 0 aromatic carbocycles. The van der Waals surface area contributed by atoms with Crippen LogP contribution in [0, 0.1) is 0 Å². The number of aliphatic imine (C=N–C) groups is 1. The van der Waals surface area contributed by atoms with Gasteiger partial charge in [0.25, 0.3) is 0 Å². The third-order valence-electron chi connectivity index (χ3n) is 4.11. The molecule has 0 amide bonds. The van der Waals surface area contributed by atoms with Crippen molar-refractivity contribution in [2.75, 3.05) is 0 Å². The number of nitrogens with one attached hydrogen (secondary N) is 2. The Morgan fingerprint density at radius 2 is 1.86 bits per heavy atom. The molecule has 1 fully saturated rings. The lowest BCUT2D eigenvalue weighted by Gasteiger charge is -2.19. The maximum absolute atomic E-state index is 4.63. The maximum Gasteiger partial charge on any atom is 0.0872 e. The van der Waals surface area contributed by atoms with E-state index in [0.717, 1.165) is 17.1 Å². The van der Waals surface area contributed by atoms with E-state index in [1.165, 1.54) is 44.9 Å². The standard InChI is InChI=1S/C17H23N3.ClH/c1-2-4-7-14(8-5-3-1)19-13-15-10-11-17(20-15)16-9-6-12-18-16;/h6,9-14,18-19H,1-5,7-8H2;1H. The predicted octanol–water partition coefficient (Wildman–Crippen LogP) is 4.34. The van der Waals surface area contributed by atoms with Crippen LogP contribution >= 0.6 is 12.4 Å². The quantitative estimate of drug-likeness (QED) is 0.857. The summed E-state index contributed by atoms with van der Waals surface area (Å²) in [6.07, 6.45) is 17.7. The van der Waals surface area contributed by atoms with Gasteiger partial charge in [-0.3, -0.25) is 0 Å². The highest BCUT2D eigenvalue weighted by atomic mass is 35.5. The van der Waals surface area contributed by atoms with Gasteiger partial charge in [-0.2, -0.15) is 0 Å². The predicted molar refractivity (Wildman–Crippen MR) is 91.0 cm³/mol. The zero-order chi connectivity index (χ0) is 13.6. The second kappa shape index (κ2) is 8.08. The molecule has 0 radical (unpaired) electrons. The summed E-state index contributed by atoms with van der Waals surface area (Å²) in [5, 5.41) is 3.57. The van der Waals surface area contributed by atoms with Crippen molar-refractivity contribution in [1.29, 1.82) is 0 Å². The largest absolute Gasteiger partial charge is 0.386 e. The molecule has 0 atom stereocenters. The van der Waals surface area contributed by atoms with Crippen molar-refractivity contribution in [3.63, 3.8) is 0 Å². The summed E-state index contributed by atoms with van der Waals surface area (Å²) in [7, 11) is 0. The zero-order valence-electron chi connectivity index (χ0n) is 12.3. The normalized spacial score (nSPS) is 21.5. The highest BCUT2D eigenvalue weighted by molar-refractivity contribution is 6.09. The summed E-state index contributed by atoms with van der Waals surface area (Å²) < 4.78 is 0. The molecule has 1 aromatic rings. The molecular formula is C17H24ClN3. The Hall–Kier alpha value is -1.48. The lowest BCUT2D eigenvalue weighted by atomic mass is 9.97. The Morgan fingerprint density at radius 1 is 1.10 bits per heavy atom. The van der Waals surface area contributed by atoms with Gasteiger partial charge >= 0.3 is 0 Å². The van der Waals surface area contributed by atoms with Crippen LogP contribution in [0.5, 0.6) is 0 Å². The first-order valence-corrected chi connectivity index (χ1v) is 7.78. The van der Waals surface area contributed by atoms with Crippen molar-refractivity contribution in [1.82, 2.24) is 10.3 Å². The van der Waals surface area contributed by atoms with Gasteiger partial charge in [-0.1, -0.05) is 32.1 Å². The topological polar surface area (TPSA) is 40.2 Å². The average molecular weight is 306 g/mol. The molecule has 3 rings (SSSR count). The van der Waals surface area contributed by atoms with Crippen molar-refractivity contribution in [2.24, 2.45) is 4.99 Å². The molecule has 1 aliphatic carbocycles. The minimum Gasteiger partial charge on any atom is -0.386 e. The van der Waals surface area contributed by atoms with Crippen LogP contribution in [-0.2, 0) is 0 Å². The first-order chi connectivity index (χ1) is 9.92. The van der Waals surface area contributed by atoms with Crippen molar-refractivity contribution in [3.8, 4) is 0 Å². The molecular weight excluding hydrogens is 282 g/mol. The summed E-state index contributed by atoms with van der Waals surface area (Å²) in [5.41, 5.74) is 3.12. The number of halogens is 1. The van der Waals surface area contributed by atoms with Gasteiger partial charge in [0.15, 0.2) is 0 Å². The Balaban J connectivity index is 0.00000161. The van der Waals surface area contributed by atoms with Crippen LogP contribution in [-0.4, -0.2) is 16.7 Å². The molecule has 114 valence electrons. The molecule has 21 heavy (non-hydrogen) atoms. The van der Waals surface area contributed by atoms with Crippen LogP contribution in [0.15, 0.2) is 47.4 Å². The lowest BCUT2D eigenvalue weighted by Crippen LogP contribution is -2.25. The first-order valence-electron chi connectivity index (χ1n) is 7.78. The summed E-state index contributed by atoms with van der Waals surface area (Å²) in [6, 6.07) is 4.68. The van der Waals surface area contributed by atoms with E-state index in [-0.39, 0.29) is 12.4 Å². The molecule has 3 nitrogen and oxygen atoms in total. The third-order valence-corrected chi connectivity index (χ3v) is 4.11. The number of H-pyrrole nitrogens is 1. The molecule has 0 unspecified atom stereocenters. The van der Waals surface area contributed by atoms with E-state index in [9.17, 15) is 0 Å². The minimum absolute atomic E-state index is 0. The van der Waals surface area contributed by atoms with Gasteiger partial charge in [0.1, 0.15) is 0 Å². The van der Waals surface area contributed by atoms with E-state index in [2.05, 4.69) is 33.6 Å². The fraction of sp³-hybridized carbons (Fsp3) is 0.471. The van der Waals surface area contributed by atoms with Crippen LogP contribution in [0.2, 0.25) is 0 Å². The summed E-state index contributed by atoms with van der Waals surface area (Å²) in [5.74, 6) is 0. The Labute approximate surface area is 133 Å². The van der Waals surface area contributed by atoms with Crippen molar-refractivity contribution in [2.45, 2.75) is 51.0 Å². The van der Waals surface area contributed by atoms with Crippen LogP contribution in [0.4, 0.5) is 0 Å². The number of aromatic amines is 1. The minimum atomic E-state index is 0. The van der Waals surface area contributed by atoms with E-state index in [4.69, 9.17) is 0 Å². The van der Waals surface area contributed by atoms with Gasteiger partial charge in [0.05, 0.1) is 17.1 Å². The molecule has 1 aliphatic heterocycles. The number of aromatic nitrogens is 1. The molecule has 0 spiro atoms. The van der Waals surface area contributed by atoms with Gasteiger partial charge in [-0.15, -0.1) is 12.4 Å². The van der Waals surface area contributed by atoms with Crippen LogP contribution < -0.4 is 5.32 Å². The Kier molecular flexibility index (Phi) is 6.12. The van der Waals surface area contributed by atoms with Gasteiger partial charge in [0, 0.05) is 18.4 Å². The van der Waals surface area contributed by atoms with Gasteiger partial charge in [-0.25, -0.2) is 4.99 Å². The van der Waals surface area contributed by atoms with Crippen LogP contribution in [0.3, 0.4) is 0 Å². The monoisotopic (exact) mass is 305 g/mol. The lowest BCUT2D eigenvalue weighted by molar-refractivity contribution is 0.419. The van der Waals surface area contributed by atoms with Crippen molar-refractivity contribution < 1.29 is 0 Å². The SMILES string of the molecule is C1=CC(c2ccc[nH]2)=NC1=CNC1CCCCCCC1.Cl. The number of rotatable bonds is 3. The second-order valence-corrected chi connectivity index (χ2v) is 5.69. The average Bonchev–Trinajstić information content (AvgIpc) is 3.08. The van der Waals surface area contributed by atoms with Gasteiger partial charge in [-0.05, 0) is 37.1 Å². The molecule has 1 saturated carbocycles. The fourth-order valence-corrected chi connectivity index (χ4v) is 2.92. The van der Waals surface area contributed by atoms with E-state index < -0.39 is 0 Å². The molecule has 0 bridgehead atoms. The summed E-state index contributed by atoms with van der Waals surface area (Å²) in [4.78, 5) is 7.82. The van der Waals surface area contributed by atoms with E-state index in [0.29, 0.717) is 6.04 Å². The van der Waals surface area contributed by atoms with E-state index in [1.54, 1.807) is 0 Å². The van der Waals surface area contributed by atoms with Crippen LogP contribution in [0.25, 0.3) is 0 Å². The van der Waals surface area contributed by atoms with E-state index in [1.807, 2.05) is 18.3 Å². The van der Waals surface area contributed by atoms with Crippen molar-refractivity contribution in [3.05, 3.63) is 48.1 Å². The maximum atomic E-state index is 4.63. The molecule has 2 N–H and O–H groups in total. The molecule has 2 heterocycles. The number of hydrogen-bond acceptors (Lipinski definition) is 2. The molecule has 0 saturated heterocycles. The van der Waals surface area contributed by atoms with E-state index >= 15 is 0 Å². The number of allylic oxidation sites excluding steroid dienone is 2. The Morgan fingerprint density at radius 3 is 2.57 bits per heavy atom. The molecule has 1 aromatic heterocycles. The summed E-state index contributed by atoms with van der Waals surface area (Å²) in [6.45, 7) is 0. The first kappa shape index (κ1) is 15.9. The van der Waals surface area contributed by atoms with Crippen molar-refractivity contribution >= 4 is 18.1 Å². The smallest absolute Gasteiger partial charge is 0.0872 e.